The zero-order valence-electron chi connectivity index (χ0n) is 8.67. The minimum absolute atomic E-state index is 0.124. The second-order valence-electron chi connectivity index (χ2n) is 2.94. The fraction of sp³-hybridized carbons (Fsp3) is 0.900. The maximum absolute atomic E-state index is 10.9. The van der Waals surface area contributed by atoms with Gasteiger partial charge in [-0.1, -0.05) is 20.3 Å². The van der Waals surface area contributed by atoms with Crippen molar-refractivity contribution in [3.63, 3.8) is 0 Å². The van der Waals surface area contributed by atoms with Crippen molar-refractivity contribution in [3.8, 4) is 0 Å². The summed E-state index contributed by atoms with van der Waals surface area (Å²) in [6.07, 6.45) is 3.56. The molecule has 0 bridgehead atoms. The first kappa shape index (κ1) is 12.4. The molecule has 0 aliphatic heterocycles. The monoisotopic (exact) mass is 188 g/mol. The molecule has 0 atom stereocenters. The van der Waals surface area contributed by atoms with Gasteiger partial charge in [-0.2, -0.15) is 0 Å². The first-order valence-electron chi connectivity index (χ1n) is 5.04. The van der Waals surface area contributed by atoms with Gasteiger partial charge in [-0.25, -0.2) is 0 Å². The van der Waals surface area contributed by atoms with E-state index in [9.17, 15) is 4.79 Å². The Hall–Kier alpha value is -0.570. The lowest BCUT2D eigenvalue weighted by Crippen LogP contribution is -2.10. The number of esters is 1. The lowest BCUT2D eigenvalue weighted by Gasteiger charge is -2.04. The van der Waals surface area contributed by atoms with Crippen molar-refractivity contribution >= 4 is 5.97 Å². The molecule has 0 aromatic rings. The predicted molar refractivity (Wildman–Crippen MR) is 51.6 cm³/mol. The van der Waals surface area contributed by atoms with Crippen LogP contribution in [0.5, 0.6) is 0 Å². The zero-order valence-corrected chi connectivity index (χ0v) is 8.67. The van der Waals surface area contributed by atoms with Crippen LogP contribution in [-0.2, 0) is 14.3 Å². The average molecular weight is 188 g/mol. The van der Waals surface area contributed by atoms with E-state index in [1.807, 2.05) is 6.92 Å². The lowest BCUT2D eigenvalue weighted by atomic mass is 10.3. The van der Waals surface area contributed by atoms with E-state index < -0.39 is 0 Å². The first-order valence-corrected chi connectivity index (χ1v) is 5.04. The summed E-state index contributed by atoms with van der Waals surface area (Å²) in [6, 6.07) is 0. The van der Waals surface area contributed by atoms with Gasteiger partial charge in [0.05, 0.1) is 6.61 Å². The van der Waals surface area contributed by atoms with Crippen LogP contribution in [0.4, 0.5) is 0 Å². The molecule has 0 radical (unpaired) electrons. The van der Waals surface area contributed by atoms with Crippen molar-refractivity contribution in [1.82, 2.24) is 0 Å². The highest BCUT2D eigenvalue weighted by Gasteiger charge is 1.99. The van der Waals surface area contributed by atoms with E-state index in [-0.39, 0.29) is 5.97 Å². The van der Waals surface area contributed by atoms with Gasteiger partial charge in [0.15, 0.2) is 0 Å². The van der Waals surface area contributed by atoms with Gasteiger partial charge in [0.1, 0.15) is 6.61 Å². The molecule has 0 N–H and O–H groups in total. The van der Waals surface area contributed by atoms with Crippen molar-refractivity contribution in [3.05, 3.63) is 0 Å². The van der Waals surface area contributed by atoms with Gasteiger partial charge in [0.25, 0.3) is 0 Å². The Morgan fingerprint density at radius 3 is 2.46 bits per heavy atom. The summed E-state index contributed by atoms with van der Waals surface area (Å²) in [5, 5.41) is 0. The maximum atomic E-state index is 10.9. The molecule has 0 spiro atoms. The molecule has 3 nitrogen and oxygen atoms in total. The van der Waals surface area contributed by atoms with Crippen LogP contribution in [0.25, 0.3) is 0 Å². The van der Waals surface area contributed by atoms with Crippen LogP contribution in [0.15, 0.2) is 0 Å². The SMILES string of the molecule is CCCCOCCOC(=O)CCC. The van der Waals surface area contributed by atoms with Gasteiger partial charge in [0.2, 0.25) is 0 Å². The summed E-state index contributed by atoms with van der Waals surface area (Å²) in [5.41, 5.74) is 0. The third kappa shape index (κ3) is 9.34. The number of ether oxygens (including phenoxy) is 2. The van der Waals surface area contributed by atoms with Crippen LogP contribution >= 0.6 is 0 Å². The molecule has 0 saturated carbocycles. The second-order valence-corrected chi connectivity index (χ2v) is 2.94. The molecule has 0 fully saturated rings. The number of carbonyl (C=O) groups excluding carboxylic acids is 1. The van der Waals surface area contributed by atoms with Crippen molar-refractivity contribution < 1.29 is 14.3 Å². The molecular weight excluding hydrogens is 168 g/mol. The minimum atomic E-state index is -0.124. The molecule has 13 heavy (non-hydrogen) atoms. The summed E-state index contributed by atoms with van der Waals surface area (Å²) in [4.78, 5) is 10.9. The number of carbonyl (C=O) groups is 1. The number of unbranched alkanes of at least 4 members (excludes halogenated alkanes) is 1. The highest BCUT2D eigenvalue weighted by molar-refractivity contribution is 5.69. The molecule has 0 aliphatic carbocycles. The Bertz CT molecular complexity index is 123. The van der Waals surface area contributed by atoms with Crippen LogP contribution < -0.4 is 0 Å². The quantitative estimate of drug-likeness (QED) is 0.432. The minimum Gasteiger partial charge on any atom is -0.463 e. The van der Waals surface area contributed by atoms with Gasteiger partial charge < -0.3 is 9.47 Å². The van der Waals surface area contributed by atoms with E-state index in [0.717, 1.165) is 25.9 Å². The Morgan fingerprint density at radius 2 is 1.85 bits per heavy atom. The molecule has 0 unspecified atom stereocenters. The number of hydrogen-bond acceptors (Lipinski definition) is 3. The van der Waals surface area contributed by atoms with Crippen LogP contribution in [-0.4, -0.2) is 25.8 Å². The third-order valence-electron chi connectivity index (χ3n) is 1.59. The average Bonchev–Trinajstić information content (AvgIpc) is 2.11. The highest BCUT2D eigenvalue weighted by Crippen LogP contribution is 1.92. The summed E-state index contributed by atoms with van der Waals surface area (Å²) in [6.45, 7) is 5.75. The first-order chi connectivity index (χ1) is 6.31. The highest BCUT2D eigenvalue weighted by atomic mass is 16.6. The number of hydrogen-bond donors (Lipinski definition) is 0. The summed E-state index contributed by atoms with van der Waals surface area (Å²) in [5.74, 6) is -0.124. The normalized spacial score (nSPS) is 10.0. The van der Waals surface area contributed by atoms with Crippen molar-refractivity contribution in [2.24, 2.45) is 0 Å². The van der Waals surface area contributed by atoms with Gasteiger partial charge >= 0.3 is 5.97 Å². The Balaban J connectivity index is 3.02. The summed E-state index contributed by atoms with van der Waals surface area (Å²) >= 11 is 0. The topological polar surface area (TPSA) is 35.5 Å². The lowest BCUT2D eigenvalue weighted by molar-refractivity contribution is -0.145. The van der Waals surface area contributed by atoms with Crippen LogP contribution in [0, 0.1) is 0 Å². The fourth-order valence-electron chi connectivity index (χ4n) is 0.839. The van der Waals surface area contributed by atoms with Crippen molar-refractivity contribution in [2.45, 2.75) is 39.5 Å². The van der Waals surface area contributed by atoms with Crippen LogP contribution in [0.1, 0.15) is 39.5 Å². The predicted octanol–water partition coefficient (Wildman–Crippen LogP) is 2.15. The van der Waals surface area contributed by atoms with E-state index in [1.54, 1.807) is 0 Å². The fourth-order valence-corrected chi connectivity index (χ4v) is 0.839. The molecular formula is C10H20O3. The maximum Gasteiger partial charge on any atom is 0.305 e. The Labute approximate surface area is 80.4 Å². The van der Waals surface area contributed by atoms with E-state index in [2.05, 4.69) is 6.92 Å². The van der Waals surface area contributed by atoms with Crippen LogP contribution in [0.2, 0.25) is 0 Å². The van der Waals surface area contributed by atoms with Crippen molar-refractivity contribution in [1.29, 1.82) is 0 Å². The Kier molecular flexibility index (Phi) is 9.10. The van der Waals surface area contributed by atoms with Crippen LogP contribution in [0.3, 0.4) is 0 Å². The largest absolute Gasteiger partial charge is 0.463 e. The smallest absolute Gasteiger partial charge is 0.305 e. The van der Waals surface area contributed by atoms with Gasteiger partial charge in [-0.05, 0) is 12.8 Å². The molecule has 0 rings (SSSR count). The molecule has 0 aromatic heterocycles. The molecule has 0 heterocycles. The number of rotatable bonds is 8. The summed E-state index contributed by atoms with van der Waals surface area (Å²) < 4.78 is 10.1. The van der Waals surface area contributed by atoms with Crippen molar-refractivity contribution in [2.75, 3.05) is 19.8 Å². The molecule has 0 aliphatic rings. The molecule has 78 valence electrons. The molecule has 3 heteroatoms. The zero-order chi connectivity index (χ0) is 9.94. The van der Waals surface area contributed by atoms with Gasteiger partial charge in [0, 0.05) is 13.0 Å². The molecule has 0 amide bonds. The van der Waals surface area contributed by atoms with E-state index in [0.29, 0.717) is 19.6 Å². The summed E-state index contributed by atoms with van der Waals surface area (Å²) in [7, 11) is 0. The Morgan fingerprint density at radius 1 is 1.08 bits per heavy atom. The van der Waals surface area contributed by atoms with E-state index >= 15 is 0 Å². The van der Waals surface area contributed by atoms with E-state index in [1.165, 1.54) is 0 Å². The third-order valence-corrected chi connectivity index (χ3v) is 1.59. The second kappa shape index (κ2) is 9.52. The molecule has 0 aromatic carbocycles. The van der Waals surface area contributed by atoms with E-state index in [4.69, 9.17) is 9.47 Å². The van der Waals surface area contributed by atoms with Gasteiger partial charge in [-0.3, -0.25) is 4.79 Å². The van der Waals surface area contributed by atoms with Gasteiger partial charge in [-0.15, -0.1) is 0 Å². The standard InChI is InChI=1S/C10H20O3/c1-3-5-7-12-8-9-13-10(11)6-4-2/h3-9H2,1-2H3. The molecule has 0 saturated heterocycles.